The summed E-state index contributed by atoms with van der Waals surface area (Å²) in [5.74, 6) is -2.11. The van der Waals surface area contributed by atoms with Crippen LogP contribution < -0.4 is 5.73 Å². The molecule has 0 radical (unpaired) electrons. The molecule has 0 aromatic heterocycles. The van der Waals surface area contributed by atoms with Crippen molar-refractivity contribution in [2.24, 2.45) is 5.73 Å². The number of nitrogens with zero attached hydrogens (tertiary/aromatic N) is 2. The number of rotatable bonds is 8. The van der Waals surface area contributed by atoms with Crippen LogP contribution in [0.3, 0.4) is 0 Å². The van der Waals surface area contributed by atoms with Gasteiger partial charge in [-0.15, -0.1) is 0 Å². The number of likely N-dealkylation sites (N-methyl/N-ethyl adjacent to an activating group) is 1. The smallest absolute Gasteiger partial charge is 0.254 e. The molecule has 0 saturated carbocycles. The second-order valence-electron chi connectivity index (χ2n) is 6.51. The molecule has 0 saturated heterocycles. The van der Waals surface area contributed by atoms with E-state index in [1.165, 1.54) is 47.8 Å². The molecule has 0 heterocycles. The highest BCUT2D eigenvalue weighted by Gasteiger charge is 2.30. The summed E-state index contributed by atoms with van der Waals surface area (Å²) in [4.78, 5) is 25.9. The van der Waals surface area contributed by atoms with Crippen molar-refractivity contribution in [3.05, 3.63) is 64.4 Å². The lowest BCUT2D eigenvalue weighted by Gasteiger charge is -2.26. The molecule has 2 N–H and O–H groups in total. The fourth-order valence-corrected chi connectivity index (χ4v) is 5.07. The minimum atomic E-state index is -3.92. The summed E-state index contributed by atoms with van der Waals surface area (Å²) in [6.45, 7) is 3.84. The first kappa shape index (κ1) is 23.8. The van der Waals surface area contributed by atoms with Crippen molar-refractivity contribution in [2.45, 2.75) is 24.8 Å². The molecular weight excluding hydrogens is 433 g/mol. The second kappa shape index (κ2) is 9.55. The van der Waals surface area contributed by atoms with Crippen LogP contribution in [0.4, 0.5) is 4.39 Å². The Bertz CT molecular complexity index is 1060. The van der Waals surface area contributed by atoms with Gasteiger partial charge in [-0.05, 0) is 35.9 Å². The Kier molecular flexibility index (Phi) is 7.57. The fourth-order valence-electron chi connectivity index (χ4n) is 3.11. The molecule has 1 unspecified atom stereocenters. The van der Waals surface area contributed by atoms with Gasteiger partial charge >= 0.3 is 0 Å². The van der Waals surface area contributed by atoms with Gasteiger partial charge in [0.05, 0.1) is 5.02 Å². The van der Waals surface area contributed by atoms with E-state index < -0.39 is 33.7 Å². The van der Waals surface area contributed by atoms with Crippen molar-refractivity contribution in [2.75, 3.05) is 20.1 Å². The monoisotopic (exact) mass is 455 g/mol. The number of sulfonamides is 1. The number of halogens is 2. The molecular formula is C20H23ClFN3O4S. The third-order valence-corrected chi connectivity index (χ3v) is 7.17. The van der Waals surface area contributed by atoms with Crippen LogP contribution in [-0.4, -0.2) is 49.6 Å². The minimum absolute atomic E-state index is 0.00437. The van der Waals surface area contributed by atoms with Crippen LogP contribution in [0.2, 0.25) is 5.02 Å². The maximum absolute atomic E-state index is 13.6. The van der Waals surface area contributed by atoms with Gasteiger partial charge in [0.25, 0.3) is 5.91 Å². The zero-order valence-corrected chi connectivity index (χ0v) is 18.4. The second-order valence-corrected chi connectivity index (χ2v) is 8.82. The van der Waals surface area contributed by atoms with Gasteiger partial charge in [-0.25, -0.2) is 12.8 Å². The topological polar surface area (TPSA) is 101 Å². The van der Waals surface area contributed by atoms with E-state index in [0.29, 0.717) is 0 Å². The molecule has 2 amide bonds. The molecule has 0 bridgehead atoms. The van der Waals surface area contributed by atoms with E-state index in [4.69, 9.17) is 17.3 Å². The first-order valence-electron chi connectivity index (χ1n) is 9.16. The van der Waals surface area contributed by atoms with Crippen molar-refractivity contribution < 1.29 is 22.4 Å². The van der Waals surface area contributed by atoms with Gasteiger partial charge < -0.3 is 10.6 Å². The molecule has 1 atom stereocenters. The van der Waals surface area contributed by atoms with Gasteiger partial charge in [-0.1, -0.05) is 37.6 Å². The molecule has 10 heteroatoms. The highest BCUT2D eigenvalue weighted by molar-refractivity contribution is 7.89. The van der Waals surface area contributed by atoms with E-state index in [9.17, 15) is 22.4 Å². The SMILES string of the molecule is CCN(CC)S(=O)(=O)c1cc(C(=O)N(C)C(C(N)=O)c2cccc(F)c2)ccc1Cl. The summed E-state index contributed by atoms with van der Waals surface area (Å²) in [5.41, 5.74) is 5.65. The van der Waals surface area contributed by atoms with Crippen LogP contribution in [0, 0.1) is 5.82 Å². The average Bonchev–Trinajstić information content (AvgIpc) is 2.68. The fraction of sp³-hybridized carbons (Fsp3) is 0.300. The molecule has 0 aliphatic rings. The lowest BCUT2D eigenvalue weighted by atomic mass is 10.0. The van der Waals surface area contributed by atoms with Crippen molar-refractivity contribution in [1.82, 2.24) is 9.21 Å². The molecule has 162 valence electrons. The summed E-state index contributed by atoms with van der Waals surface area (Å²) in [5, 5.41) is -0.0299. The minimum Gasteiger partial charge on any atom is -0.368 e. The first-order chi connectivity index (χ1) is 14.0. The third kappa shape index (κ3) is 4.80. The molecule has 2 aromatic carbocycles. The molecule has 2 rings (SSSR count). The Morgan fingerprint density at radius 1 is 1.13 bits per heavy atom. The van der Waals surface area contributed by atoms with Crippen molar-refractivity contribution in [3.8, 4) is 0 Å². The predicted molar refractivity (Wildman–Crippen MR) is 112 cm³/mol. The largest absolute Gasteiger partial charge is 0.368 e. The Hall–Kier alpha value is -2.49. The standard InChI is InChI=1S/C20H23ClFN3O4S/c1-4-25(5-2)30(28,29)17-12-14(9-10-16(17)21)20(27)24(3)18(19(23)26)13-7-6-8-15(22)11-13/h6-12,18H,4-5H2,1-3H3,(H2,23,26). The van der Waals surface area contributed by atoms with E-state index in [1.807, 2.05) is 0 Å². The number of benzene rings is 2. The molecule has 30 heavy (non-hydrogen) atoms. The summed E-state index contributed by atoms with van der Waals surface area (Å²) < 4.78 is 40.5. The maximum atomic E-state index is 13.6. The molecule has 0 spiro atoms. The molecule has 0 aliphatic carbocycles. The summed E-state index contributed by atoms with van der Waals surface area (Å²) in [7, 11) is -2.59. The molecule has 0 fully saturated rings. The quantitative estimate of drug-likeness (QED) is 0.661. The van der Waals surface area contributed by atoms with Crippen LogP contribution in [0.1, 0.15) is 35.8 Å². The van der Waals surface area contributed by atoms with Gasteiger partial charge in [-0.3, -0.25) is 9.59 Å². The zero-order valence-electron chi connectivity index (χ0n) is 16.8. The number of hydrogen-bond donors (Lipinski definition) is 1. The Morgan fingerprint density at radius 3 is 2.30 bits per heavy atom. The maximum Gasteiger partial charge on any atom is 0.254 e. The Balaban J connectivity index is 2.48. The van der Waals surface area contributed by atoms with E-state index in [-0.39, 0.29) is 34.1 Å². The average molecular weight is 456 g/mol. The van der Waals surface area contributed by atoms with Gasteiger partial charge in [-0.2, -0.15) is 4.31 Å². The highest BCUT2D eigenvalue weighted by atomic mass is 35.5. The molecule has 2 aromatic rings. The summed E-state index contributed by atoms with van der Waals surface area (Å²) in [6.07, 6.45) is 0. The van der Waals surface area contributed by atoms with Gasteiger partial charge in [0.2, 0.25) is 15.9 Å². The van der Waals surface area contributed by atoms with Crippen LogP contribution in [0.25, 0.3) is 0 Å². The predicted octanol–water partition coefficient (Wildman–Crippen LogP) is 2.81. The lowest BCUT2D eigenvalue weighted by Crippen LogP contribution is -2.39. The zero-order chi connectivity index (χ0) is 22.6. The summed E-state index contributed by atoms with van der Waals surface area (Å²) in [6, 6.07) is 7.76. The Labute approximate surface area is 180 Å². The van der Waals surface area contributed by atoms with Crippen molar-refractivity contribution >= 4 is 33.4 Å². The van der Waals surface area contributed by atoms with Crippen LogP contribution in [0.15, 0.2) is 47.4 Å². The number of nitrogens with two attached hydrogens (primary N) is 1. The number of carbonyl (C=O) groups is 2. The van der Waals surface area contributed by atoms with Crippen LogP contribution in [-0.2, 0) is 14.8 Å². The third-order valence-electron chi connectivity index (χ3n) is 4.64. The van der Waals surface area contributed by atoms with E-state index >= 15 is 0 Å². The number of hydrogen-bond acceptors (Lipinski definition) is 4. The molecule has 0 aliphatic heterocycles. The van der Waals surface area contributed by atoms with Crippen molar-refractivity contribution in [1.29, 1.82) is 0 Å². The van der Waals surface area contributed by atoms with Crippen LogP contribution >= 0.6 is 11.6 Å². The van der Waals surface area contributed by atoms with E-state index in [0.717, 1.165) is 11.0 Å². The van der Waals surface area contributed by atoms with Crippen molar-refractivity contribution in [3.63, 3.8) is 0 Å². The van der Waals surface area contributed by atoms with Crippen LogP contribution in [0.5, 0.6) is 0 Å². The van der Waals surface area contributed by atoms with Gasteiger partial charge in [0.1, 0.15) is 16.8 Å². The molecule has 7 nitrogen and oxygen atoms in total. The number of carbonyl (C=O) groups excluding carboxylic acids is 2. The lowest BCUT2D eigenvalue weighted by molar-refractivity contribution is -0.122. The van der Waals surface area contributed by atoms with Gasteiger partial charge in [0.15, 0.2) is 0 Å². The summed E-state index contributed by atoms with van der Waals surface area (Å²) >= 11 is 6.10. The Morgan fingerprint density at radius 2 is 1.77 bits per heavy atom. The number of primary amides is 1. The highest BCUT2D eigenvalue weighted by Crippen LogP contribution is 2.28. The van der Waals surface area contributed by atoms with E-state index in [2.05, 4.69) is 0 Å². The normalized spacial score (nSPS) is 12.6. The number of amides is 2. The van der Waals surface area contributed by atoms with Gasteiger partial charge in [0, 0.05) is 25.7 Å². The first-order valence-corrected chi connectivity index (χ1v) is 11.0. The van der Waals surface area contributed by atoms with E-state index in [1.54, 1.807) is 13.8 Å².